The monoisotopic (exact) mass is 395 g/mol. The number of benzene rings is 2. The fourth-order valence-corrected chi connectivity index (χ4v) is 3.53. The number of fused-ring (bicyclic) bond motifs is 1. The van der Waals surface area contributed by atoms with Gasteiger partial charge in [-0.1, -0.05) is 18.2 Å². The Morgan fingerprint density at radius 3 is 2.52 bits per heavy atom. The topological polar surface area (TPSA) is 74.6 Å². The number of urea groups is 1. The molecule has 0 aliphatic carbocycles. The van der Waals surface area contributed by atoms with Crippen LogP contribution in [0.5, 0.6) is 0 Å². The fourth-order valence-electron chi connectivity index (χ4n) is 3.53. The fraction of sp³-hybridized carbons (Fsp3) is 0.273. The third-order valence-electron chi connectivity index (χ3n) is 5.19. The normalized spacial score (nSPS) is 14.7. The zero-order valence-electron chi connectivity index (χ0n) is 15.9. The second-order valence-corrected chi connectivity index (χ2v) is 7.23. The summed E-state index contributed by atoms with van der Waals surface area (Å²) >= 11 is 0. The second-order valence-electron chi connectivity index (χ2n) is 7.23. The van der Waals surface area contributed by atoms with Gasteiger partial charge in [0.2, 0.25) is 0 Å². The van der Waals surface area contributed by atoms with Gasteiger partial charge in [-0.25, -0.2) is 9.18 Å². The van der Waals surface area contributed by atoms with Gasteiger partial charge in [-0.15, -0.1) is 0 Å². The number of hydrogen-bond donors (Lipinski definition) is 2. The summed E-state index contributed by atoms with van der Waals surface area (Å²) in [5.41, 5.74) is 1.25. The molecule has 0 bridgehead atoms. The SMILES string of the molecule is O=C(NCC1CCN(C(=O)c2cc3ccccc3o2)CC1)Nc1ccc(F)cc1. The van der Waals surface area contributed by atoms with E-state index in [2.05, 4.69) is 10.6 Å². The third-order valence-corrected chi connectivity index (χ3v) is 5.19. The van der Waals surface area contributed by atoms with Crippen molar-refractivity contribution in [1.82, 2.24) is 10.2 Å². The lowest BCUT2D eigenvalue weighted by Gasteiger charge is -2.31. The maximum absolute atomic E-state index is 12.9. The van der Waals surface area contributed by atoms with Crippen molar-refractivity contribution in [2.75, 3.05) is 25.0 Å². The van der Waals surface area contributed by atoms with Crippen LogP contribution in [-0.4, -0.2) is 36.5 Å². The van der Waals surface area contributed by atoms with Gasteiger partial charge in [-0.2, -0.15) is 0 Å². The van der Waals surface area contributed by atoms with Crippen molar-refractivity contribution in [3.05, 3.63) is 66.2 Å². The quantitative estimate of drug-likeness (QED) is 0.694. The number of nitrogens with one attached hydrogen (secondary N) is 2. The number of carbonyl (C=O) groups excluding carboxylic acids is 2. The summed E-state index contributed by atoms with van der Waals surface area (Å²) in [7, 11) is 0. The lowest BCUT2D eigenvalue weighted by Crippen LogP contribution is -2.42. The molecule has 3 amide bonds. The van der Waals surface area contributed by atoms with Gasteiger partial charge in [0, 0.05) is 30.7 Å². The molecule has 1 saturated heterocycles. The number of rotatable bonds is 4. The Morgan fingerprint density at radius 2 is 1.79 bits per heavy atom. The molecule has 2 aromatic carbocycles. The van der Waals surface area contributed by atoms with Crippen molar-refractivity contribution < 1.29 is 18.4 Å². The van der Waals surface area contributed by atoms with Crippen molar-refractivity contribution >= 4 is 28.6 Å². The van der Waals surface area contributed by atoms with E-state index >= 15 is 0 Å². The Kier molecular flexibility index (Phi) is 5.46. The molecule has 3 aromatic rings. The summed E-state index contributed by atoms with van der Waals surface area (Å²) in [6.45, 7) is 1.78. The molecule has 1 fully saturated rings. The summed E-state index contributed by atoms with van der Waals surface area (Å²) in [4.78, 5) is 26.5. The van der Waals surface area contributed by atoms with Crippen LogP contribution < -0.4 is 10.6 Å². The third kappa shape index (κ3) is 4.56. The Balaban J connectivity index is 1.24. The maximum atomic E-state index is 12.9. The van der Waals surface area contributed by atoms with E-state index < -0.39 is 0 Å². The van der Waals surface area contributed by atoms with Crippen LogP contribution in [0.1, 0.15) is 23.4 Å². The number of para-hydroxylation sites is 1. The molecule has 4 rings (SSSR count). The summed E-state index contributed by atoms with van der Waals surface area (Å²) < 4.78 is 18.6. The molecule has 0 atom stereocenters. The van der Waals surface area contributed by atoms with E-state index in [1.54, 1.807) is 11.0 Å². The zero-order chi connectivity index (χ0) is 20.2. The molecule has 0 saturated carbocycles. The minimum Gasteiger partial charge on any atom is -0.451 e. The Morgan fingerprint density at radius 1 is 1.07 bits per heavy atom. The molecule has 29 heavy (non-hydrogen) atoms. The summed E-state index contributed by atoms with van der Waals surface area (Å²) in [5, 5.41) is 6.44. The number of carbonyl (C=O) groups is 2. The maximum Gasteiger partial charge on any atom is 0.319 e. The van der Waals surface area contributed by atoms with Gasteiger partial charge in [0.25, 0.3) is 5.91 Å². The Labute approximate surface area is 167 Å². The molecule has 2 N–H and O–H groups in total. The van der Waals surface area contributed by atoms with Gasteiger partial charge >= 0.3 is 6.03 Å². The van der Waals surface area contributed by atoms with Gasteiger partial charge in [-0.05, 0) is 55.2 Å². The van der Waals surface area contributed by atoms with Crippen molar-refractivity contribution in [2.24, 2.45) is 5.92 Å². The van der Waals surface area contributed by atoms with Gasteiger partial charge in [0.15, 0.2) is 5.76 Å². The zero-order valence-corrected chi connectivity index (χ0v) is 15.9. The number of nitrogens with zero attached hydrogens (tertiary/aromatic N) is 1. The van der Waals surface area contributed by atoms with Crippen molar-refractivity contribution in [2.45, 2.75) is 12.8 Å². The predicted molar refractivity (Wildman–Crippen MR) is 108 cm³/mol. The van der Waals surface area contributed by atoms with Crippen LogP contribution in [0, 0.1) is 11.7 Å². The highest BCUT2D eigenvalue weighted by Gasteiger charge is 2.26. The van der Waals surface area contributed by atoms with Crippen LogP contribution in [0.15, 0.2) is 59.0 Å². The number of halogens is 1. The number of piperidine rings is 1. The molecule has 1 aliphatic heterocycles. The van der Waals surface area contributed by atoms with E-state index in [4.69, 9.17) is 4.42 Å². The number of likely N-dealkylation sites (tertiary alicyclic amines) is 1. The van der Waals surface area contributed by atoms with Gasteiger partial charge < -0.3 is 20.0 Å². The first kappa shape index (κ1) is 19.0. The average molecular weight is 395 g/mol. The smallest absolute Gasteiger partial charge is 0.319 e. The molecule has 6 nitrogen and oxygen atoms in total. The van der Waals surface area contributed by atoms with Gasteiger partial charge in [0.1, 0.15) is 11.4 Å². The van der Waals surface area contributed by atoms with Crippen molar-refractivity contribution in [3.63, 3.8) is 0 Å². The Bertz CT molecular complexity index is 975. The van der Waals surface area contributed by atoms with E-state index in [0.717, 1.165) is 18.2 Å². The minimum atomic E-state index is -0.347. The predicted octanol–water partition coefficient (Wildman–Crippen LogP) is 4.25. The summed E-state index contributed by atoms with van der Waals surface area (Å²) in [6.07, 6.45) is 1.62. The summed E-state index contributed by atoms with van der Waals surface area (Å²) in [6, 6.07) is 14.6. The van der Waals surface area contributed by atoms with Gasteiger partial charge in [0.05, 0.1) is 0 Å². The minimum absolute atomic E-state index is 0.0957. The van der Waals surface area contributed by atoms with E-state index in [1.807, 2.05) is 24.3 Å². The molecule has 7 heteroatoms. The number of furan rings is 1. The van der Waals surface area contributed by atoms with Gasteiger partial charge in [-0.3, -0.25) is 4.79 Å². The first-order chi connectivity index (χ1) is 14.1. The van der Waals surface area contributed by atoms with Crippen LogP contribution in [0.25, 0.3) is 11.0 Å². The molecular weight excluding hydrogens is 373 g/mol. The molecule has 0 unspecified atom stereocenters. The van der Waals surface area contributed by atoms with Crippen LogP contribution in [0.4, 0.5) is 14.9 Å². The highest BCUT2D eigenvalue weighted by atomic mass is 19.1. The second kappa shape index (κ2) is 8.34. The first-order valence-corrected chi connectivity index (χ1v) is 9.67. The molecule has 1 aliphatic rings. The molecule has 1 aromatic heterocycles. The van der Waals surface area contributed by atoms with Crippen LogP contribution in [0.2, 0.25) is 0 Å². The van der Waals surface area contributed by atoms with Crippen LogP contribution in [0.3, 0.4) is 0 Å². The van der Waals surface area contributed by atoms with E-state index in [9.17, 15) is 14.0 Å². The van der Waals surface area contributed by atoms with Crippen LogP contribution >= 0.6 is 0 Å². The van der Waals surface area contributed by atoms with Crippen LogP contribution in [-0.2, 0) is 0 Å². The number of anilines is 1. The lowest BCUT2D eigenvalue weighted by atomic mass is 9.96. The first-order valence-electron chi connectivity index (χ1n) is 9.67. The molecule has 0 radical (unpaired) electrons. The lowest BCUT2D eigenvalue weighted by molar-refractivity contribution is 0.0661. The molecule has 2 heterocycles. The summed E-state index contributed by atoms with van der Waals surface area (Å²) in [5.74, 6) is 0.219. The standard InChI is InChI=1S/C22H22FN3O3/c23-17-5-7-18(8-6-17)25-22(28)24-14-15-9-11-26(12-10-15)21(27)20-13-16-3-1-2-4-19(16)29-20/h1-8,13,15H,9-12,14H2,(H2,24,25,28). The average Bonchev–Trinajstić information content (AvgIpc) is 3.18. The highest BCUT2D eigenvalue weighted by Crippen LogP contribution is 2.23. The largest absolute Gasteiger partial charge is 0.451 e. The number of amides is 3. The van der Waals surface area contributed by atoms with Crippen molar-refractivity contribution in [3.8, 4) is 0 Å². The molecule has 150 valence electrons. The Hall–Kier alpha value is -3.35. The number of hydrogen-bond acceptors (Lipinski definition) is 3. The van der Waals surface area contributed by atoms with E-state index in [-0.39, 0.29) is 17.8 Å². The highest BCUT2D eigenvalue weighted by molar-refractivity contribution is 5.96. The molecular formula is C22H22FN3O3. The van der Waals surface area contributed by atoms with E-state index in [1.165, 1.54) is 24.3 Å². The van der Waals surface area contributed by atoms with Crippen molar-refractivity contribution in [1.29, 1.82) is 0 Å². The molecule has 0 spiro atoms. The van der Waals surface area contributed by atoms with E-state index in [0.29, 0.717) is 42.6 Å².